The van der Waals surface area contributed by atoms with Crippen LogP contribution in [0.1, 0.15) is 31.2 Å². The van der Waals surface area contributed by atoms with E-state index in [4.69, 9.17) is 5.73 Å². The molecule has 2 aliphatic rings. The van der Waals surface area contributed by atoms with Gasteiger partial charge in [-0.3, -0.25) is 0 Å². The molecule has 2 fully saturated rings. The molecule has 1 aromatic carbocycles. The average molecular weight is 253 g/mol. The molecule has 3 rings (SSSR count). The van der Waals surface area contributed by atoms with Crippen molar-refractivity contribution in [2.24, 2.45) is 11.1 Å². The summed E-state index contributed by atoms with van der Waals surface area (Å²) in [6, 6.07) is 6.97. The van der Waals surface area contributed by atoms with Crippen LogP contribution in [0.5, 0.6) is 5.75 Å². The molecule has 2 saturated carbocycles. The highest BCUT2D eigenvalue weighted by Gasteiger charge is 2.60. The van der Waals surface area contributed by atoms with Gasteiger partial charge < -0.3 is 10.5 Å². The first kappa shape index (κ1) is 11.9. The molecule has 1 aromatic rings. The van der Waals surface area contributed by atoms with Crippen LogP contribution in [0.2, 0.25) is 0 Å². The Kier molecular flexibility index (Phi) is 2.59. The van der Waals surface area contributed by atoms with Crippen LogP contribution in [-0.4, -0.2) is 13.2 Å². The van der Waals surface area contributed by atoms with E-state index in [9.17, 15) is 8.78 Å². The molecule has 0 saturated heterocycles. The van der Waals surface area contributed by atoms with Crippen LogP contribution in [-0.2, 0) is 5.41 Å². The largest absolute Gasteiger partial charge is 0.435 e. The van der Waals surface area contributed by atoms with E-state index >= 15 is 0 Å². The minimum atomic E-state index is -2.77. The van der Waals surface area contributed by atoms with Crippen LogP contribution in [0.3, 0.4) is 0 Å². The minimum Gasteiger partial charge on any atom is -0.435 e. The quantitative estimate of drug-likeness (QED) is 0.895. The third-order valence-corrected chi connectivity index (χ3v) is 4.47. The number of alkyl halides is 2. The second-order valence-corrected chi connectivity index (χ2v) is 5.74. The Bertz CT molecular complexity index is 432. The first-order valence-electron chi connectivity index (χ1n) is 6.33. The summed E-state index contributed by atoms with van der Waals surface area (Å²) in [6.45, 7) is -2.14. The van der Waals surface area contributed by atoms with Gasteiger partial charge in [0.25, 0.3) is 0 Å². The molecule has 0 amide bonds. The number of ether oxygens (including phenoxy) is 1. The Hall–Kier alpha value is -1.16. The molecule has 1 spiro atoms. The molecule has 0 unspecified atom stereocenters. The van der Waals surface area contributed by atoms with Gasteiger partial charge >= 0.3 is 6.61 Å². The van der Waals surface area contributed by atoms with Crippen molar-refractivity contribution >= 4 is 0 Å². The zero-order valence-electron chi connectivity index (χ0n) is 10.2. The van der Waals surface area contributed by atoms with Crippen LogP contribution < -0.4 is 10.5 Å². The molecule has 0 aromatic heterocycles. The Morgan fingerprint density at radius 1 is 1.17 bits per heavy atom. The van der Waals surface area contributed by atoms with Crippen molar-refractivity contribution in [3.8, 4) is 5.75 Å². The number of nitrogens with two attached hydrogens (primary N) is 1. The molecule has 0 radical (unpaired) electrons. The van der Waals surface area contributed by atoms with E-state index in [1.54, 1.807) is 12.1 Å². The highest BCUT2D eigenvalue weighted by Crippen LogP contribution is 2.68. The second kappa shape index (κ2) is 3.92. The Balaban J connectivity index is 1.75. The van der Waals surface area contributed by atoms with Gasteiger partial charge in [0.1, 0.15) is 5.75 Å². The van der Waals surface area contributed by atoms with Crippen LogP contribution >= 0.6 is 0 Å². The van der Waals surface area contributed by atoms with E-state index in [-0.39, 0.29) is 11.2 Å². The molecule has 0 heterocycles. The highest BCUT2D eigenvalue weighted by atomic mass is 19.3. The Morgan fingerprint density at radius 2 is 1.78 bits per heavy atom. The smallest absolute Gasteiger partial charge is 0.387 e. The third-order valence-electron chi connectivity index (χ3n) is 4.47. The van der Waals surface area contributed by atoms with Gasteiger partial charge in [-0.1, -0.05) is 12.1 Å². The fraction of sp³-hybridized carbons (Fsp3) is 0.571. The summed E-state index contributed by atoms with van der Waals surface area (Å²) in [4.78, 5) is 0. The van der Waals surface area contributed by atoms with Crippen molar-refractivity contribution in [2.75, 3.05) is 6.54 Å². The predicted octanol–water partition coefficient (Wildman–Crippen LogP) is 3.06. The molecular weight excluding hydrogens is 236 g/mol. The molecule has 2 nitrogen and oxygen atoms in total. The first-order chi connectivity index (χ1) is 8.57. The van der Waals surface area contributed by atoms with E-state index in [1.165, 1.54) is 12.8 Å². The van der Waals surface area contributed by atoms with Crippen molar-refractivity contribution in [1.82, 2.24) is 0 Å². The van der Waals surface area contributed by atoms with Crippen molar-refractivity contribution in [3.63, 3.8) is 0 Å². The molecule has 2 aliphatic carbocycles. The summed E-state index contributed by atoms with van der Waals surface area (Å²) in [7, 11) is 0. The Morgan fingerprint density at radius 3 is 2.22 bits per heavy atom. The predicted molar refractivity (Wildman–Crippen MR) is 64.7 cm³/mol. The van der Waals surface area contributed by atoms with E-state index in [0.717, 1.165) is 18.4 Å². The lowest BCUT2D eigenvalue weighted by atomic mass is 9.56. The maximum absolute atomic E-state index is 12.1. The maximum Gasteiger partial charge on any atom is 0.387 e. The topological polar surface area (TPSA) is 35.2 Å². The van der Waals surface area contributed by atoms with Gasteiger partial charge in [0.15, 0.2) is 0 Å². The van der Waals surface area contributed by atoms with Crippen molar-refractivity contribution in [2.45, 2.75) is 37.7 Å². The van der Waals surface area contributed by atoms with E-state index < -0.39 is 6.61 Å². The van der Waals surface area contributed by atoms with E-state index in [0.29, 0.717) is 12.0 Å². The average Bonchev–Trinajstić information content (AvgIpc) is 3.07. The van der Waals surface area contributed by atoms with Crippen molar-refractivity contribution in [1.29, 1.82) is 0 Å². The molecule has 4 heteroatoms. The lowest BCUT2D eigenvalue weighted by molar-refractivity contribution is -0.0498. The molecule has 0 atom stereocenters. The number of hydrogen-bond donors (Lipinski definition) is 1. The number of benzene rings is 1. The highest BCUT2D eigenvalue weighted by molar-refractivity contribution is 5.37. The second-order valence-electron chi connectivity index (χ2n) is 5.74. The normalized spacial score (nSPS) is 22.9. The van der Waals surface area contributed by atoms with Gasteiger partial charge in [0.05, 0.1) is 0 Å². The zero-order valence-corrected chi connectivity index (χ0v) is 10.2. The first-order valence-corrected chi connectivity index (χ1v) is 6.33. The van der Waals surface area contributed by atoms with Gasteiger partial charge in [-0.15, -0.1) is 0 Å². The zero-order chi connectivity index (χ0) is 12.8. The van der Waals surface area contributed by atoms with Crippen LogP contribution in [0.15, 0.2) is 24.3 Å². The fourth-order valence-corrected chi connectivity index (χ4v) is 3.37. The minimum absolute atomic E-state index is 0.0693. The van der Waals surface area contributed by atoms with Crippen LogP contribution in [0.25, 0.3) is 0 Å². The molecule has 0 bridgehead atoms. The molecular formula is C14H17F2NO. The summed E-state index contributed by atoms with van der Waals surface area (Å²) in [5, 5.41) is 0. The van der Waals surface area contributed by atoms with Gasteiger partial charge in [0.2, 0.25) is 0 Å². The van der Waals surface area contributed by atoms with E-state index in [2.05, 4.69) is 4.74 Å². The van der Waals surface area contributed by atoms with E-state index in [1.807, 2.05) is 12.1 Å². The van der Waals surface area contributed by atoms with Gasteiger partial charge in [0, 0.05) is 12.0 Å². The number of halogens is 2. The van der Waals surface area contributed by atoms with Crippen molar-refractivity contribution < 1.29 is 13.5 Å². The molecule has 18 heavy (non-hydrogen) atoms. The molecule has 2 N–H and O–H groups in total. The summed E-state index contributed by atoms with van der Waals surface area (Å²) in [5.41, 5.74) is 7.71. The summed E-state index contributed by atoms with van der Waals surface area (Å²) < 4.78 is 28.5. The monoisotopic (exact) mass is 253 g/mol. The SMILES string of the molecule is NCC1(c2ccc(OC(F)F)cc2)CC2(CC2)C1. The Labute approximate surface area is 105 Å². The molecule has 98 valence electrons. The maximum atomic E-state index is 12.1. The van der Waals surface area contributed by atoms with Gasteiger partial charge in [-0.25, -0.2) is 0 Å². The summed E-state index contributed by atoms with van der Waals surface area (Å²) >= 11 is 0. The summed E-state index contributed by atoms with van der Waals surface area (Å²) in [6.07, 6.45) is 4.93. The molecule has 0 aliphatic heterocycles. The lowest BCUT2D eigenvalue weighted by Crippen LogP contribution is -2.48. The van der Waals surface area contributed by atoms with Crippen LogP contribution in [0.4, 0.5) is 8.78 Å². The summed E-state index contributed by atoms with van der Waals surface area (Å²) in [5.74, 6) is 0.210. The van der Waals surface area contributed by atoms with Crippen LogP contribution in [0, 0.1) is 5.41 Å². The van der Waals surface area contributed by atoms with Gasteiger partial charge in [-0.2, -0.15) is 8.78 Å². The van der Waals surface area contributed by atoms with Crippen molar-refractivity contribution in [3.05, 3.63) is 29.8 Å². The number of hydrogen-bond acceptors (Lipinski definition) is 2. The van der Waals surface area contributed by atoms with Gasteiger partial charge in [-0.05, 0) is 48.8 Å². The fourth-order valence-electron chi connectivity index (χ4n) is 3.37. The third kappa shape index (κ3) is 1.88. The number of rotatable bonds is 4. The lowest BCUT2D eigenvalue weighted by Gasteiger charge is -2.48. The standard InChI is InChI=1S/C14H17F2NO/c15-12(16)18-11-3-1-10(2-4-11)14(9-17)7-13(8-14)5-6-13/h1-4,12H,5-9,17H2.